The van der Waals surface area contributed by atoms with Crippen LogP contribution in [0.3, 0.4) is 0 Å². The molecule has 0 aliphatic rings. The minimum absolute atomic E-state index is 0.0386. The van der Waals surface area contributed by atoms with Crippen molar-refractivity contribution in [2.45, 2.75) is 0 Å². The van der Waals surface area contributed by atoms with Gasteiger partial charge in [-0.3, -0.25) is 0 Å². The van der Waals surface area contributed by atoms with Gasteiger partial charge in [-0.15, -0.1) is 11.6 Å². The Morgan fingerprint density at radius 3 is 3.00 bits per heavy atom. The van der Waals surface area contributed by atoms with Crippen LogP contribution in [0.1, 0.15) is 16.2 Å². The second-order valence-electron chi connectivity index (χ2n) is 2.31. The van der Waals surface area contributed by atoms with Crippen molar-refractivity contribution in [3.05, 3.63) is 35.7 Å². The molecule has 4 heteroatoms. The molecule has 0 atom stereocenters. The largest absolute Gasteiger partial charge is 0.477 e. The van der Waals surface area contributed by atoms with Crippen LogP contribution in [0.5, 0.6) is 0 Å². The number of halogens is 1. The summed E-state index contributed by atoms with van der Waals surface area (Å²) in [5.41, 5.74) is 0.636. The maximum atomic E-state index is 10.5. The van der Waals surface area contributed by atoms with Gasteiger partial charge in [-0.1, -0.05) is 12.1 Å². The maximum Gasteiger partial charge on any atom is 0.354 e. The van der Waals surface area contributed by atoms with Gasteiger partial charge in [-0.05, 0) is 18.2 Å². The molecule has 0 aliphatic carbocycles. The third kappa shape index (κ3) is 2.87. The Morgan fingerprint density at radius 1 is 1.62 bits per heavy atom. The molecule has 0 saturated heterocycles. The number of allylic oxidation sites excluding steroid dienone is 1. The van der Waals surface area contributed by atoms with E-state index in [2.05, 4.69) is 4.98 Å². The second-order valence-corrected chi connectivity index (χ2v) is 2.62. The van der Waals surface area contributed by atoms with Crippen LogP contribution in [-0.4, -0.2) is 21.9 Å². The highest BCUT2D eigenvalue weighted by Gasteiger charge is 2.02. The Bertz CT molecular complexity index is 336. The number of carboxylic acids is 1. The lowest BCUT2D eigenvalue weighted by Gasteiger charge is -1.94. The molecule has 1 N–H and O–H groups in total. The van der Waals surface area contributed by atoms with Crippen molar-refractivity contribution < 1.29 is 9.90 Å². The molecule has 0 fully saturated rings. The fourth-order valence-corrected chi connectivity index (χ4v) is 0.918. The van der Waals surface area contributed by atoms with Gasteiger partial charge in [0.2, 0.25) is 0 Å². The molecule has 1 heterocycles. The molecule has 1 aromatic heterocycles. The fourth-order valence-electron chi connectivity index (χ4n) is 0.829. The SMILES string of the molecule is O=C(O)c1cccc(C=CCCl)n1. The quantitative estimate of drug-likeness (QED) is 0.755. The summed E-state index contributed by atoms with van der Waals surface area (Å²) in [7, 11) is 0. The van der Waals surface area contributed by atoms with Gasteiger partial charge in [0, 0.05) is 5.88 Å². The van der Waals surface area contributed by atoms with Crippen LogP contribution >= 0.6 is 11.6 Å². The standard InChI is InChI=1S/C9H8ClNO2/c10-6-2-4-7-3-1-5-8(11-7)9(12)13/h1-5H,6H2,(H,12,13). The van der Waals surface area contributed by atoms with Crippen molar-refractivity contribution in [1.29, 1.82) is 0 Å². The number of aromatic carboxylic acids is 1. The van der Waals surface area contributed by atoms with Crippen LogP contribution in [0.4, 0.5) is 0 Å². The smallest absolute Gasteiger partial charge is 0.354 e. The van der Waals surface area contributed by atoms with Gasteiger partial charge >= 0.3 is 5.97 Å². The molecule has 1 rings (SSSR count). The van der Waals surface area contributed by atoms with Crippen LogP contribution in [0.25, 0.3) is 6.08 Å². The summed E-state index contributed by atoms with van der Waals surface area (Å²) < 4.78 is 0. The van der Waals surface area contributed by atoms with Gasteiger partial charge in [0.05, 0.1) is 5.69 Å². The summed E-state index contributed by atoms with van der Waals surface area (Å²) in [6.07, 6.45) is 3.38. The number of carboxylic acid groups (broad SMARTS) is 1. The van der Waals surface area contributed by atoms with E-state index in [0.29, 0.717) is 11.6 Å². The highest BCUT2D eigenvalue weighted by atomic mass is 35.5. The Balaban J connectivity index is 2.92. The third-order valence-corrected chi connectivity index (χ3v) is 1.55. The zero-order valence-corrected chi connectivity index (χ0v) is 7.53. The van der Waals surface area contributed by atoms with E-state index < -0.39 is 5.97 Å². The Hall–Kier alpha value is -1.35. The molecule has 0 spiro atoms. The number of hydrogen-bond donors (Lipinski definition) is 1. The minimum atomic E-state index is -1.03. The Kier molecular flexibility index (Phi) is 3.46. The average Bonchev–Trinajstić information content (AvgIpc) is 2.15. The predicted molar refractivity (Wildman–Crippen MR) is 51.0 cm³/mol. The summed E-state index contributed by atoms with van der Waals surface area (Å²) in [4.78, 5) is 14.4. The first kappa shape index (κ1) is 9.74. The summed E-state index contributed by atoms with van der Waals surface area (Å²) in [5, 5.41) is 8.62. The molecule has 13 heavy (non-hydrogen) atoms. The van der Waals surface area contributed by atoms with Gasteiger partial charge < -0.3 is 5.11 Å². The molecule has 68 valence electrons. The number of carbonyl (C=O) groups is 1. The van der Waals surface area contributed by atoms with Gasteiger partial charge in [0.25, 0.3) is 0 Å². The van der Waals surface area contributed by atoms with E-state index in [1.54, 1.807) is 24.3 Å². The molecule has 0 amide bonds. The Morgan fingerprint density at radius 2 is 2.38 bits per heavy atom. The summed E-state index contributed by atoms with van der Waals surface area (Å²) in [6, 6.07) is 4.81. The minimum Gasteiger partial charge on any atom is -0.477 e. The van der Waals surface area contributed by atoms with E-state index in [0.717, 1.165) is 0 Å². The van der Waals surface area contributed by atoms with Crippen LogP contribution in [-0.2, 0) is 0 Å². The molecule has 0 saturated carbocycles. The van der Waals surface area contributed by atoms with E-state index in [1.165, 1.54) is 6.07 Å². The van der Waals surface area contributed by atoms with E-state index in [1.807, 2.05) is 0 Å². The molecular weight excluding hydrogens is 190 g/mol. The third-order valence-electron chi connectivity index (χ3n) is 1.37. The van der Waals surface area contributed by atoms with Crippen molar-refractivity contribution >= 4 is 23.6 Å². The number of alkyl halides is 1. The highest BCUT2D eigenvalue weighted by Crippen LogP contribution is 2.01. The lowest BCUT2D eigenvalue weighted by atomic mass is 10.3. The number of rotatable bonds is 3. The average molecular weight is 198 g/mol. The van der Waals surface area contributed by atoms with Crippen molar-refractivity contribution in [2.75, 3.05) is 5.88 Å². The van der Waals surface area contributed by atoms with Crippen molar-refractivity contribution in [2.24, 2.45) is 0 Å². The van der Waals surface area contributed by atoms with Gasteiger partial charge in [-0.2, -0.15) is 0 Å². The van der Waals surface area contributed by atoms with Crippen molar-refractivity contribution in [3.8, 4) is 0 Å². The molecular formula is C9H8ClNO2. The number of aromatic nitrogens is 1. The van der Waals surface area contributed by atoms with Crippen LogP contribution in [0.2, 0.25) is 0 Å². The first-order valence-electron chi connectivity index (χ1n) is 3.67. The zero-order chi connectivity index (χ0) is 9.68. The van der Waals surface area contributed by atoms with Gasteiger partial charge in [0.1, 0.15) is 5.69 Å². The molecule has 0 aromatic carbocycles. The van der Waals surface area contributed by atoms with Crippen LogP contribution < -0.4 is 0 Å². The van der Waals surface area contributed by atoms with Gasteiger partial charge in [-0.25, -0.2) is 9.78 Å². The van der Waals surface area contributed by atoms with Crippen molar-refractivity contribution in [1.82, 2.24) is 4.98 Å². The zero-order valence-electron chi connectivity index (χ0n) is 6.77. The van der Waals surface area contributed by atoms with Gasteiger partial charge in [0.15, 0.2) is 0 Å². The maximum absolute atomic E-state index is 10.5. The number of nitrogens with zero attached hydrogens (tertiary/aromatic N) is 1. The monoisotopic (exact) mass is 197 g/mol. The highest BCUT2D eigenvalue weighted by molar-refractivity contribution is 6.19. The fraction of sp³-hybridized carbons (Fsp3) is 0.111. The van der Waals surface area contributed by atoms with E-state index in [-0.39, 0.29) is 5.69 Å². The molecule has 3 nitrogen and oxygen atoms in total. The molecule has 0 bridgehead atoms. The molecule has 0 radical (unpaired) electrons. The van der Waals surface area contributed by atoms with E-state index in [9.17, 15) is 4.79 Å². The van der Waals surface area contributed by atoms with Crippen LogP contribution in [0, 0.1) is 0 Å². The number of hydrogen-bond acceptors (Lipinski definition) is 2. The second kappa shape index (κ2) is 4.62. The van der Waals surface area contributed by atoms with E-state index in [4.69, 9.17) is 16.7 Å². The molecule has 0 aliphatic heterocycles. The van der Waals surface area contributed by atoms with Crippen molar-refractivity contribution in [3.63, 3.8) is 0 Å². The van der Waals surface area contributed by atoms with E-state index >= 15 is 0 Å². The first-order chi connectivity index (χ1) is 6.24. The summed E-state index contributed by atoms with van der Waals surface area (Å²) in [5.74, 6) is -0.639. The molecule has 1 aromatic rings. The number of pyridine rings is 1. The lowest BCUT2D eigenvalue weighted by Crippen LogP contribution is -2.00. The summed E-state index contributed by atoms with van der Waals surface area (Å²) >= 11 is 5.42. The topological polar surface area (TPSA) is 50.2 Å². The normalized spacial score (nSPS) is 10.5. The van der Waals surface area contributed by atoms with Crippen LogP contribution in [0.15, 0.2) is 24.3 Å². The Labute approximate surface area is 80.7 Å². The molecule has 0 unspecified atom stereocenters. The lowest BCUT2D eigenvalue weighted by molar-refractivity contribution is 0.0690. The first-order valence-corrected chi connectivity index (χ1v) is 4.20. The predicted octanol–water partition coefficient (Wildman–Crippen LogP) is 2.03. The summed E-state index contributed by atoms with van der Waals surface area (Å²) in [6.45, 7) is 0.